The van der Waals surface area contributed by atoms with Crippen LogP contribution in [0.1, 0.15) is 29.7 Å². The molecule has 1 aromatic heterocycles. The number of aromatic nitrogens is 2. The SMILES string of the molecule is COc1ccc2c(c1)CCN(C(=O)[C@@H](COCCOCCOCCN=[N+]=[N-])Sc1[nH]c(=O)ncc1C)[C@@H]2C. The Bertz CT molecular complexity index is 1170. The highest BCUT2D eigenvalue weighted by Crippen LogP contribution is 2.34. The average molecular weight is 547 g/mol. The van der Waals surface area contributed by atoms with Crippen LogP contribution in [-0.4, -0.2) is 85.9 Å². The predicted molar refractivity (Wildman–Crippen MR) is 143 cm³/mol. The molecule has 0 aliphatic carbocycles. The molecule has 0 saturated heterocycles. The number of rotatable bonds is 15. The molecular formula is C25H34N6O6S. The van der Waals surface area contributed by atoms with Crippen LogP contribution in [0.25, 0.3) is 10.4 Å². The standard InChI is InChI=1S/C25H34N6O6S/c1-17-15-27-25(33)29-23(17)38-22(16-37-13-12-36-11-10-35-9-7-28-30-26)24(32)31-8-6-19-14-20(34-3)4-5-21(19)18(31)2/h4-5,14-15,18,22H,6-13,16H2,1-3H3,(H,27,29,33)/t18-,22-/m1/s1. The maximum Gasteiger partial charge on any atom is 0.345 e. The fraction of sp³-hybridized carbons (Fsp3) is 0.560. The predicted octanol–water partition coefficient (Wildman–Crippen LogP) is 3.05. The van der Waals surface area contributed by atoms with Crippen LogP contribution < -0.4 is 10.4 Å². The van der Waals surface area contributed by atoms with Gasteiger partial charge in [0, 0.05) is 24.2 Å². The Morgan fingerprint density at radius 1 is 1.26 bits per heavy atom. The van der Waals surface area contributed by atoms with Crippen LogP contribution in [0.5, 0.6) is 5.75 Å². The molecule has 0 radical (unpaired) electrons. The highest BCUT2D eigenvalue weighted by atomic mass is 32.2. The van der Waals surface area contributed by atoms with Crippen molar-refractivity contribution >= 4 is 17.7 Å². The number of aryl methyl sites for hydroxylation is 1. The van der Waals surface area contributed by atoms with Gasteiger partial charge < -0.3 is 28.8 Å². The average Bonchev–Trinajstić information content (AvgIpc) is 2.92. The lowest BCUT2D eigenvalue weighted by atomic mass is 9.93. The second-order valence-corrected chi connectivity index (χ2v) is 9.80. The number of fused-ring (bicyclic) bond motifs is 1. The summed E-state index contributed by atoms with van der Waals surface area (Å²) in [7, 11) is 1.64. The molecule has 2 heterocycles. The van der Waals surface area contributed by atoms with Crippen molar-refractivity contribution in [3.63, 3.8) is 0 Å². The van der Waals surface area contributed by atoms with E-state index in [2.05, 4.69) is 20.0 Å². The second kappa shape index (κ2) is 15.4. The number of aromatic amines is 1. The molecule has 1 aromatic carbocycles. The highest BCUT2D eigenvalue weighted by Gasteiger charge is 2.33. The number of amides is 1. The first kappa shape index (κ1) is 29.5. The summed E-state index contributed by atoms with van der Waals surface area (Å²) in [5.41, 5.74) is 10.8. The monoisotopic (exact) mass is 546 g/mol. The number of methoxy groups -OCH3 is 1. The fourth-order valence-electron chi connectivity index (χ4n) is 4.06. The molecule has 13 heteroatoms. The number of carbonyl (C=O) groups excluding carboxylic acids is 1. The number of thioether (sulfide) groups is 1. The fourth-order valence-corrected chi connectivity index (χ4v) is 5.13. The van der Waals surface area contributed by atoms with Gasteiger partial charge in [-0.25, -0.2) is 9.78 Å². The Morgan fingerprint density at radius 3 is 2.74 bits per heavy atom. The molecule has 1 aliphatic heterocycles. The summed E-state index contributed by atoms with van der Waals surface area (Å²) in [6, 6.07) is 5.84. The summed E-state index contributed by atoms with van der Waals surface area (Å²) in [4.78, 5) is 36.6. The van der Waals surface area contributed by atoms with Gasteiger partial charge in [-0.3, -0.25) is 4.79 Å². The zero-order valence-corrected chi connectivity index (χ0v) is 22.7. The molecule has 1 amide bonds. The minimum absolute atomic E-state index is 0.0598. The molecule has 2 atom stereocenters. The molecule has 3 rings (SSSR count). The molecule has 0 saturated carbocycles. The van der Waals surface area contributed by atoms with Crippen molar-refractivity contribution in [3.05, 3.63) is 62.0 Å². The van der Waals surface area contributed by atoms with Gasteiger partial charge in [-0.15, -0.1) is 0 Å². The summed E-state index contributed by atoms with van der Waals surface area (Å²) in [5, 5.41) is 3.41. The van der Waals surface area contributed by atoms with Crippen molar-refractivity contribution < 1.29 is 23.7 Å². The number of azide groups is 1. The van der Waals surface area contributed by atoms with Crippen LogP contribution in [0.3, 0.4) is 0 Å². The second-order valence-electron chi connectivity index (χ2n) is 8.58. The number of hydrogen-bond donors (Lipinski definition) is 1. The van der Waals surface area contributed by atoms with Crippen LogP contribution >= 0.6 is 11.8 Å². The summed E-state index contributed by atoms with van der Waals surface area (Å²) in [6.45, 7) is 6.61. The van der Waals surface area contributed by atoms with Gasteiger partial charge in [-0.05, 0) is 54.6 Å². The highest BCUT2D eigenvalue weighted by molar-refractivity contribution is 8.00. The number of hydrogen-bond acceptors (Lipinski definition) is 9. The van der Waals surface area contributed by atoms with E-state index in [9.17, 15) is 9.59 Å². The van der Waals surface area contributed by atoms with E-state index < -0.39 is 10.9 Å². The van der Waals surface area contributed by atoms with E-state index in [1.165, 1.54) is 23.5 Å². The van der Waals surface area contributed by atoms with E-state index in [0.29, 0.717) is 44.6 Å². The van der Waals surface area contributed by atoms with Gasteiger partial charge in [0.05, 0.1) is 57.8 Å². The molecule has 1 N–H and O–H groups in total. The molecule has 0 unspecified atom stereocenters. The number of nitrogens with zero attached hydrogens (tertiary/aromatic N) is 5. The lowest BCUT2D eigenvalue weighted by molar-refractivity contribution is -0.134. The molecule has 0 fully saturated rings. The van der Waals surface area contributed by atoms with Crippen molar-refractivity contribution in [1.82, 2.24) is 14.9 Å². The van der Waals surface area contributed by atoms with Gasteiger partial charge in [0.25, 0.3) is 0 Å². The van der Waals surface area contributed by atoms with Crippen molar-refractivity contribution in [2.45, 2.75) is 36.6 Å². The Balaban J connectivity index is 1.59. The van der Waals surface area contributed by atoms with Gasteiger partial charge in [0.2, 0.25) is 5.91 Å². The maximum atomic E-state index is 13.8. The quantitative estimate of drug-likeness (QED) is 0.0894. The topological polar surface area (TPSA) is 152 Å². The van der Waals surface area contributed by atoms with Gasteiger partial charge in [0.15, 0.2) is 0 Å². The number of carbonyl (C=O) groups is 1. The maximum absolute atomic E-state index is 13.8. The van der Waals surface area contributed by atoms with Crippen molar-refractivity contribution in [2.75, 3.05) is 59.8 Å². The third-order valence-corrected chi connectivity index (χ3v) is 7.36. The Morgan fingerprint density at radius 2 is 2.00 bits per heavy atom. The molecular weight excluding hydrogens is 512 g/mol. The Labute approximate surface area is 225 Å². The number of ether oxygens (including phenoxy) is 4. The van der Waals surface area contributed by atoms with Crippen LogP contribution in [0.4, 0.5) is 0 Å². The smallest absolute Gasteiger partial charge is 0.345 e. The van der Waals surface area contributed by atoms with Crippen molar-refractivity contribution in [2.24, 2.45) is 5.11 Å². The van der Waals surface area contributed by atoms with Gasteiger partial charge in [0.1, 0.15) is 11.0 Å². The lowest BCUT2D eigenvalue weighted by Gasteiger charge is -2.37. The molecule has 0 spiro atoms. The zero-order chi connectivity index (χ0) is 27.3. The number of H-pyrrole nitrogens is 1. The molecule has 0 bridgehead atoms. The van der Waals surface area contributed by atoms with E-state index in [1.807, 2.05) is 36.9 Å². The molecule has 206 valence electrons. The molecule has 1 aliphatic rings. The summed E-state index contributed by atoms with van der Waals surface area (Å²) in [6.07, 6.45) is 2.23. The summed E-state index contributed by atoms with van der Waals surface area (Å²) in [5.74, 6) is 0.743. The van der Waals surface area contributed by atoms with Crippen LogP contribution in [0.2, 0.25) is 0 Å². The van der Waals surface area contributed by atoms with E-state index in [-0.39, 0.29) is 25.1 Å². The molecule has 2 aromatic rings. The number of nitrogens with one attached hydrogen (secondary N) is 1. The van der Waals surface area contributed by atoms with Gasteiger partial charge in [-0.1, -0.05) is 22.9 Å². The first-order valence-corrected chi connectivity index (χ1v) is 13.3. The first-order chi connectivity index (χ1) is 18.4. The Kier molecular flexibility index (Phi) is 11.9. The van der Waals surface area contributed by atoms with E-state index in [1.54, 1.807) is 7.11 Å². The van der Waals surface area contributed by atoms with Crippen LogP contribution in [0, 0.1) is 6.92 Å². The lowest BCUT2D eigenvalue weighted by Crippen LogP contribution is -2.44. The minimum Gasteiger partial charge on any atom is -0.497 e. The third-order valence-electron chi connectivity index (χ3n) is 6.07. The third kappa shape index (κ3) is 8.47. The van der Waals surface area contributed by atoms with Gasteiger partial charge in [-0.2, -0.15) is 0 Å². The largest absolute Gasteiger partial charge is 0.497 e. The van der Waals surface area contributed by atoms with Crippen LogP contribution in [-0.2, 0) is 25.4 Å². The number of benzene rings is 1. The summed E-state index contributed by atoms with van der Waals surface area (Å²) >= 11 is 1.28. The van der Waals surface area contributed by atoms with Gasteiger partial charge >= 0.3 is 5.69 Å². The van der Waals surface area contributed by atoms with E-state index in [4.69, 9.17) is 24.5 Å². The van der Waals surface area contributed by atoms with E-state index >= 15 is 0 Å². The molecule has 12 nitrogen and oxygen atoms in total. The van der Waals surface area contributed by atoms with E-state index in [0.717, 1.165) is 23.3 Å². The normalized spacial score (nSPS) is 15.4. The Hall–Kier alpha value is -3.09. The summed E-state index contributed by atoms with van der Waals surface area (Å²) < 4.78 is 22.0. The van der Waals surface area contributed by atoms with Crippen molar-refractivity contribution in [3.8, 4) is 5.75 Å². The first-order valence-electron chi connectivity index (χ1n) is 12.4. The minimum atomic E-state index is -0.571. The van der Waals surface area contributed by atoms with Crippen molar-refractivity contribution in [1.29, 1.82) is 0 Å². The molecule has 38 heavy (non-hydrogen) atoms. The van der Waals surface area contributed by atoms with Crippen LogP contribution in [0.15, 0.2) is 39.3 Å². The zero-order valence-electron chi connectivity index (χ0n) is 21.9.